The zero-order valence-electron chi connectivity index (χ0n) is 20.8. The highest BCUT2D eigenvalue weighted by atomic mass is 35.5. The summed E-state index contributed by atoms with van der Waals surface area (Å²) in [6.07, 6.45) is 5.48. The summed E-state index contributed by atoms with van der Waals surface area (Å²) in [5.41, 5.74) is 0.237. The fourth-order valence-corrected chi connectivity index (χ4v) is 6.66. The molecule has 0 fully saturated rings. The molecule has 4 N–H and O–H groups in total. The van der Waals surface area contributed by atoms with E-state index in [1.807, 2.05) is 6.92 Å². The largest absolute Gasteiger partial charge is 0.489 e. The van der Waals surface area contributed by atoms with Crippen molar-refractivity contribution in [1.29, 1.82) is 0 Å². The van der Waals surface area contributed by atoms with Gasteiger partial charge in [-0.2, -0.15) is 4.72 Å². The molecule has 0 atom stereocenters. The van der Waals surface area contributed by atoms with E-state index in [0.29, 0.717) is 33.9 Å². The molecule has 0 saturated heterocycles. The highest BCUT2D eigenvalue weighted by molar-refractivity contribution is 7.90. The lowest BCUT2D eigenvalue weighted by Crippen LogP contribution is -2.37. The number of rotatable bonds is 7. The number of nitrogens with two attached hydrogens (primary N) is 1. The van der Waals surface area contributed by atoms with Crippen LogP contribution in [0.15, 0.2) is 52.8 Å². The molecule has 1 aromatic heterocycles. The molecule has 0 radical (unpaired) electrons. The first-order valence-electron chi connectivity index (χ1n) is 11.4. The summed E-state index contributed by atoms with van der Waals surface area (Å²) in [6.45, 7) is 3.30. The number of primary sulfonamides is 1. The zero-order chi connectivity index (χ0) is 29.7. The van der Waals surface area contributed by atoms with Gasteiger partial charge in [0.15, 0.2) is 5.75 Å². The van der Waals surface area contributed by atoms with Gasteiger partial charge in [0, 0.05) is 24.0 Å². The van der Waals surface area contributed by atoms with Gasteiger partial charge in [0.05, 0.1) is 34.0 Å². The Morgan fingerprint density at radius 1 is 1.12 bits per heavy atom. The van der Waals surface area contributed by atoms with E-state index < -0.39 is 24.9 Å². The van der Waals surface area contributed by atoms with Crippen molar-refractivity contribution in [1.82, 2.24) is 19.2 Å². The fraction of sp³-hybridized carbons (Fsp3) is 0.273. The van der Waals surface area contributed by atoms with E-state index in [2.05, 4.69) is 15.0 Å². The van der Waals surface area contributed by atoms with Gasteiger partial charge in [0.25, 0.3) is 0 Å². The number of nitrogens with zero attached hydrogens (tertiary/aromatic N) is 3. The monoisotopic (exact) mass is 672 g/mol. The first kappa shape index (κ1) is 32.2. The molecule has 218 valence electrons. The number of aromatic nitrogens is 2. The van der Waals surface area contributed by atoms with Gasteiger partial charge >= 0.3 is 6.03 Å². The average molecular weight is 674 g/mol. The fourth-order valence-electron chi connectivity index (χ4n) is 3.45. The maximum Gasteiger partial charge on any atom is 0.329 e. The number of nitrogens with one attached hydrogen (secondary N) is 2. The molecule has 0 unspecified atom stereocenters. The van der Waals surface area contributed by atoms with Crippen molar-refractivity contribution in [3.63, 3.8) is 0 Å². The van der Waals surface area contributed by atoms with E-state index in [4.69, 9.17) is 56.3 Å². The van der Waals surface area contributed by atoms with Gasteiger partial charge in [0.1, 0.15) is 22.7 Å². The number of sulfonamides is 2. The summed E-state index contributed by atoms with van der Waals surface area (Å²) >= 11 is 23.7. The summed E-state index contributed by atoms with van der Waals surface area (Å²) in [5.74, 6) is 0.365. The number of halogens is 4. The van der Waals surface area contributed by atoms with Crippen LogP contribution >= 0.6 is 46.4 Å². The van der Waals surface area contributed by atoms with Gasteiger partial charge in [-0.1, -0.05) is 53.3 Å². The second kappa shape index (κ2) is 13.6. The van der Waals surface area contributed by atoms with Crippen LogP contribution in [0, 0.1) is 0 Å². The van der Waals surface area contributed by atoms with E-state index in [1.54, 1.807) is 29.4 Å². The van der Waals surface area contributed by atoms with Gasteiger partial charge in [-0.05, 0) is 30.7 Å². The summed E-state index contributed by atoms with van der Waals surface area (Å²) in [7, 11) is -7.80. The number of anilines is 1. The second-order valence-electron chi connectivity index (χ2n) is 8.11. The topological polar surface area (TPSA) is 166 Å². The third-order valence-electron chi connectivity index (χ3n) is 5.23. The van der Waals surface area contributed by atoms with Crippen LogP contribution < -0.4 is 19.9 Å². The van der Waals surface area contributed by atoms with E-state index in [1.165, 1.54) is 17.0 Å². The molecule has 0 aliphatic carbocycles. The smallest absolute Gasteiger partial charge is 0.329 e. The van der Waals surface area contributed by atoms with Crippen molar-refractivity contribution in [2.24, 2.45) is 5.14 Å². The van der Waals surface area contributed by atoms with Crippen LogP contribution in [0.4, 0.5) is 10.5 Å². The molecular weight excluding hydrogens is 650 g/mol. The molecule has 1 aliphatic heterocycles. The predicted octanol–water partition coefficient (Wildman–Crippen LogP) is 4.25. The molecule has 1 aliphatic rings. The number of hydrogen-bond donors (Lipinski definition) is 3. The Bertz CT molecular complexity index is 1560. The number of fused-ring (bicyclic) bond motifs is 1. The third kappa shape index (κ3) is 8.13. The molecule has 40 heavy (non-hydrogen) atoms. The first-order chi connectivity index (χ1) is 18.7. The number of imidazole rings is 1. The average Bonchev–Trinajstić information content (AvgIpc) is 3.39. The minimum atomic E-state index is -4.07. The van der Waals surface area contributed by atoms with Crippen LogP contribution in [0.1, 0.15) is 13.3 Å². The van der Waals surface area contributed by atoms with Gasteiger partial charge in [-0.15, -0.1) is 0 Å². The third-order valence-corrected chi connectivity index (χ3v) is 8.83. The van der Waals surface area contributed by atoms with Crippen LogP contribution in [0.5, 0.6) is 5.75 Å². The Hall–Kier alpha value is -2.30. The summed E-state index contributed by atoms with van der Waals surface area (Å²) in [5, 5.41) is 8.65. The maximum atomic E-state index is 12.3. The molecule has 1 amide bonds. The lowest BCUT2D eigenvalue weighted by molar-refractivity contribution is 0.184. The van der Waals surface area contributed by atoms with Crippen LogP contribution in [0.25, 0.3) is 0 Å². The van der Waals surface area contributed by atoms with Crippen molar-refractivity contribution in [2.75, 3.05) is 31.7 Å². The summed E-state index contributed by atoms with van der Waals surface area (Å²) in [4.78, 5) is 17.3. The number of benzene rings is 2. The number of carbonyl (C=O) groups excluding carboxylic acids is 1. The minimum Gasteiger partial charge on any atom is -0.489 e. The highest BCUT2D eigenvalue weighted by Crippen LogP contribution is 2.36. The number of amides is 1. The predicted molar refractivity (Wildman–Crippen MR) is 153 cm³/mol. The summed E-state index contributed by atoms with van der Waals surface area (Å²) in [6, 6.07) is 5.12. The van der Waals surface area contributed by atoms with E-state index in [9.17, 15) is 21.6 Å². The minimum absolute atomic E-state index is 0.0143. The normalized spacial score (nSPS) is 13.8. The van der Waals surface area contributed by atoms with Crippen LogP contribution in [-0.2, 0) is 20.0 Å². The van der Waals surface area contributed by atoms with Crippen molar-refractivity contribution < 1.29 is 26.4 Å². The van der Waals surface area contributed by atoms with Crippen molar-refractivity contribution in [3.8, 4) is 5.75 Å². The highest BCUT2D eigenvalue weighted by Gasteiger charge is 2.27. The number of ether oxygens (including phenoxy) is 1. The Balaban J connectivity index is 0.000000230. The van der Waals surface area contributed by atoms with Gasteiger partial charge in [-0.3, -0.25) is 4.57 Å². The quantitative estimate of drug-likeness (QED) is 0.335. The Morgan fingerprint density at radius 2 is 1.80 bits per heavy atom. The standard InChI is InChI=1S/C15H16Cl3N3O2.C7H8ClN3O4S2/c1-2-4-20(15(22)21-5-3-19-10-21)6-7-23-14-12(17)8-11(16)9-13(14)18;8-4-1-5-7(2-6(4)16(9,12)13)17(14,15)11-3-10-5/h3,5,8-10H,2,4,6-7H2,1H3;1-2,10-11H,3H2,(H2,9,12,13). The molecule has 0 spiro atoms. The maximum absolute atomic E-state index is 12.3. The Labute approximate surface area is 251 Å². The van der Waals surface area contributed by atoms with Crippen molar-refractivity contribution in [3.05, 3.63) is 63.1 Å². The van der Waals surface area contributed by atoms with Crippen LogP contribution in [0.3, 0.4) is 0 Å². The number of carbonyl (C=O) groups is 1. The SMILES string of the molecule is CCCN(CCOc1c(Cl)cc(Cl)cc1Cl)C(=O)n1ccnc1.NS(=O)(=O)c1cc2c(cc1Cl)NCNS2(=O)=O. The van der Waals surface area contributed by atoms with Gasteiger partial charge in [0.2, 0.25) is 20.0 Å². The zero-order valence-corrected chi connectivity index (χ0v) is 25.4. The van der Waals surface area contributed by atoms with E-state index in [-0.39, 0.29) is 34.9 Å². The summed E-state index contributed by atoms with van der Waals surface area (Å²) < 4.78 is 54.9. The lowest BCUT2D eigenvalue weighted by Gasteiger charge is -2.22. The molecule has 0 bridgehead atoms. The molecule has 2 heterocycles. The van der Waals surface area contributed by atoms with Gasteiger partial charge in [-0.25, -0.2) is 31.8 Å². The van der Waals surface area contributed by atoms with E-state index in [0.717, 1.165) is 12.5 Å². The Kier molecular flexibility index (Phi) is 10.9. The second-order valence-corrected chi connectivity index (χ2v) is 13.0. The number of hydrogen-bond acceptors (Lipinski definition) is 8. The molecule has 4 rings (SSSR count). The molecular formula is C22H24Cl4N6O6S2. The first-order valence-corrected chi connectivity index (χ1v) is 15.9. The van der Waals surface area contributed by atoms with Crippen LogP contribution in [0.2, 0.25) is 20.1 Å². The van der Waals surface area contributed by atoms with Gasteiger partial charge < -0.3 is 15.0 Å². The lowest BCUT2D eigenvalue weighted by atomic mass is 10.3. The Morgan fingerprint density at radius 3 is 2.38 bits per heavy atom. The molecule has 12 nitrogen and oxygen atoms in total. The molecule has 0 saturated carbocycles. The molecule has 18 heteroatoms. The van der Waals surface area contributed by atoms with Crippen molar-refractivity contribution in [2.45, 2.75) is 23.1 Å². The molecule has 3 aromatic rings. The van der Waals surface area contributed by atoms with E-state index >= 15 is 0 Å². The van der Waals surface area contributed by atoms with Crippen molar-refractivity contribution >= 4 is 78.2 Å². The van der Waals surface area contributed by atoms with Crippen LogP contribution in [-0.4, -0.2) is 63.7 Å². The molecule has 2 aromatic carbocycles.